The van der Waals surface area contributed by atoms with Gasteiger partial charge in [0, 0.05) is 24.1 Å². The standard InChI is InChI=1S/C25H33N3O7/c1-14-13-17(22(33)24(35)27-14)19(30)8-6-12-26-11-5-7-18(29)15-9-10-16(21(32)20(15)31)23(34)28-25(2,3)4/h9-10,13,26,31-33H,5-8,11-12H2,1-4H3,(H,27,35)(H,28,34). The van der Waals surface area contributed by atoms with Crippen LogP contribution >= 0.6 is 0 Å². The van der Waals surface area contributed by atoms with Crippen molar-refractivity contribution >= 4 is 17.5 Å². The quantitative estimate of drug-likeness (QED) is 0.160. The average molecular weight is 488 g/mol. The van der Waals surface area contributed by atoms with Crippen LogP contribution in [0.25, 0.3) is 0 Å². The van der Waals surface area contributed by atoms with E-state index >= 15 is 0 Å². The maximum absolute atomic E-state index is 12.5. The molecule has 2 rings (SSSR count). The zero-order chi connectivity index (χ0) is 26.3. The lowest BCUT2D eigenvalue weighted by molar-refractivity contribution is 0.0912. The Morgan fingerprint density at radius 3 is 1.94 bits per heavy atom. The zero-order valence-electron chi connectivity index (χ0n) is 20.4. The molecule has 1 heterocycles. The fourth-order valence-electron chi connectivity index (χ4n) is 3.43. The molecule has 10 nitrogen and oxygen atoms in total. The molecule has 190 valence electrons. The molecule has 0 unspecified atom stereocenters. The van der Waals surface area contributed by atoms with Gasteiger partial charge in [0.05, 0.1) is 16.7 Å². The molecular formula is C25H33N3O7. The van der Waals surface area contributed by atoms with Crippen LogP contribution in [0.2, 0.25) is 0 Å². The van der Waals surface area contributed by atoms with E-state index in [4.69, 9.17) is 0 Å². The van der Waals surface area contributed by atoms with Gasteiger partial charge >= 0.3 is 0 Å². The number of benzene rings is 1. The van der Waals surface area contributed by atoms with E-state index < -0.39 is 34.3 Å². The predicted octanol–water partition coefficient (Wildman–Crippen LogP) is 2.54. The second-order valence-corrected chi connectivity index (χ2v) is 9.41. The fourth-order valence-corrected chi connectivity index (χ4v) is 3.43. The Morgan fingerprint density at radius 2 is 1.37 bits per heavy atom. The minimum absolute atomic E-state index is 0.00168. The average Bonchev–Trinajstić information content (AvgIpc) is 2.75. The van der Waals surface area contributed by atoms with Gasteiger partial charge in [0.2, 0.25) is 0 Å². The molecule has 10 heteroatoms. The molecule has 0 atom stereocenters. The molecule has 0 spiro atoms. The lowest BCUT2D eigenvalue weighted by Crippen LogP contribution is -2.40. The summed E-state index contributed by atoms with van der Waals surface area (Å²) >= 11 is 0. The van der Waals surface area contributed by atoms with E-state index in [1.807, 2.05) is 0 Å². The number of amides is 1. The van der Waals surface area contributed by atoms with Gasteiger partial charge in [-0.2, -0.15) is 0 Å². The third kappa shape index (κ3) is 7.68. The van der Waals surface area contributed by atoms with Gasteiger partial charge in [0.15, 0.2) is 28.8 Å². The summed E-state index contributed by atoms with van der Waals surface area (Å²) in [6.45, 7) is 7.94. The number of pyridine rings is 1. The Bertz CT molecular complexity index is 1160. The van der Waals surface area contributed by atoms with E-state index in [0.717, 1.165) is 0 Å². The highest BCUT2D eigenvalue weighted by atomic mass is 16.3. The van der Waals surface area contributed by atoms with Gasteiger partial charge in [-0.1, -0.05) is 0 Å². The number of phenols is 2. The van der Waals surface area contributed by atoms with Crippen LogP contribution in [0, 0.1) is 6.92 Å². The first-order valence-electron chi connectivity index (χ1n) is 11.4. The van der Waals surface area contributed by atoms with Crippen LogP contribution in [0.15, 0.2) is 23.0 Å². The van der Waals surface area contributed by atoms with Crippen molar-refractivity contribution in [2.45, 2.75) is 58.9 Å². The number of carbonyl (C=O) groups excluding carboxylic acids is 3. The molecule has 0 saturated heterocycles. The number of hydrogen-bond donors (Lipinski definition) is 6. The van der Waals surface area contributed by atoms with Gasteiger partial charge in [-0.05, 0) is 71.8 Å². The Hall–Kier alpha value is -3.66. The molecule has 0 aliphatic rings. The van der Waals surface area contributed by atoms with Crippen LogP contribution in [0.1, 0.15) is 83.2 Å². The van der Waals surface area contributed by atoms with Gasteiger partial charge in [-0.15, -0.1) is 0 Å². The van der Waals surface area contributed by atoms with Crippen LogP contribution < -0.4 is 16.2 Å². The van der Waals surface area contributed by atoms with E-state index in [1.165, 1.54) is 18.2 Å². The first kappa shape index (κ1) is 27.6. The largest absolute Gasteiger partial charge is 0.504 e. The van der Waals surface area contributed by atoms with Gasteiger partial charge in [-0.25, -0.2) is 0 Å². The second kappa shape index (κ2) is 11.7. The maximum atomic E-state index is 12.5. The Morgan fingerprint density at radius 1 is 0.857 bits per heavy atom. The highest BCUT2D eigenvalue weighted by Gasteiger charge is 2.23. The zero-order valence-corrected chi connectivity index (χ0v) is 20.4. The minimum Gasteiger partial charge on any atom is -0.504 e. The monoisotopic (exact) mass is 487 g/mol. The molecule has 0 bridgehead atoms. The van der Waals surface area contributed by atoms with Crippen LogP contribution in [-0.4, -0.2) is 56.4 Å². The number of Topliss-reactive ketones (excluding diaryl/α,β-unsaturated/α-hetero) is 2. The van der Waals surface area contributed by atoms with E-state index in [-0.39, 0.29) is 41.1 Å². The van der Waals surface area contributed by atoms with Crippen LogP contribution in [0.4, 0.5) is 0 Å². The first-order valence-corrected chi connectivity index (χ1v) is 11.4. The van der Waals surface area contributed by atoms with Crippen molar-refractivity contribution in [1.29, 1.82) is 0 Å². The third-order valence-corrected chi connectivity index (χ3v) is 5.14. The molecule has 0 aliphatic heterocycles. The molecule has 35 heavy (non-hydrogen) atoms. The summed E-state index contributed by atoms with van der Waals surface area (Å²) in [7, 11) is 0. The molecule has 6 N–H and O–H groups in total. The molecule has 0 fully saturated rings. The number of carbonyl (C=O) groups is 3. The molecule has 2 aromatic rings. The lowest BCUT2D eigenvalue weighted by atomic mass is 10.0. The number of aromatic nitrogens is 1. The van der Waals surface area contributed by atoms with Crippen LogP contribution in [0.5, 0.6) is 17.2 Å². The van der Waals surface area contributed by atoms with Crippen molar-refractivity contribution in [1.82, 2.24) is 15.6 Å². The summed E-state index contributed by atoms with van der Waals surface area (Å²) in [6.07, 6.45) is 1.18. The van der Waals surface area contributed by atoms with Gasteiger partial charge < -0.3 is 30.9 Å². The van der Waals surface area contributed by atoms with Crippen molar-refractivity contribution in [2.75, 3.05) is 13.1 Å². The smallest absolute Gasteiger partial charge is 0.291 e. The Kier molecular flexibility index (Phi) is 9.18. The lowest BCUT2D eigenvalue weighted by Gasteiger charge is -2.21. The molecule has 1 aromatic carbocycles. The van der Waals surface area contributed by atoms with Gasteiger partial charge in [0.25, 0.3) is 11.5 Å². The number of aromatic amines is 1. The summed E-state index contributed by atoms with van der Waals surface area (Å²) in [6, 6.07) is 4.06. The van der Waals surface area contributed by atoms with Crippen molar-refractivity contribution in [3.8, 4) is 17.2 Å². The summed E-state index contributed by atoms with van der Waals surface area (Å²) in [5.74, 6) is -3.11. The summed E-state index contributed by atoms with van der Waals surface area (Å²) in [5.41, 5.74) is -0.918. The maximum Gasteiger partial charge on any atom is 0.291 e. The number of rotatable bonds is 11. The molecule has 0 radical (unpaired) electrons. The van der Waals surface area contributed by atoms with E-state index in [1.54, 1.807) is 27.7 Å². The topological polar surface area (TPSA) is 169 Å². The number of H-pyrrole nitrogens is 1. The number of aryl methyl sites for hydroxylation is 1. The summed E-state index contributed by atoms with van der Waals surface area (Å²) < 4.78 is 0. The highest BCUT2D eigenvalue weighted by Crippen LogP contribution is 2.33. The Labute approximate surface area is 203 Å². The number of ketones is 2. The fraction of sp³-hybridized carbons (Fsp3) is 0.440. The molecule has 0 saturated carbocycles. The highest BCUT2D eigenvalue weighted by molar-refractivity contribution is 6.03. The first-order chi connectivity index (χ1) is 16.3. The summed E-state index contributed by atoms with van der Waals surface area (Å²) in [5, 5.41) is 36.0. The van der Waals surface area contributed by atoms with Crippen molar-refractivity contribution in [3.63, 3.8) is 0 Å². The van der Waals surface area contributed by atoms with Crippen LogP contribution in [0.3, 0.4) is 0 Å². The molecule has 1 aromatic heterocycles. The van der Waals surface area contributed by atoms with E-state index in [9.17, 15) is 34.5 Å². The summed E-state index contributed by atoms with van der Waals surface area (Å²) in [4.78, 5) is 50.9. The third-order valence-electron chi connectivity index (χ3n) is 5.14. The number of phenolic OH excluding ortho intramolecular Hbond substituents is 2. The normalized spacial score (nSPS) is 11.3. The van der Waals surface area contributed by atoms with E-state index in [0.29, 0.717) is 31.6 Å². The number of nitrogens with one attached hydrogen (secondary N) is 3. The Balaban J connectivity index is 1.78. The van der Waals surface area contributed by atoms with Gasteiger partial charge in [0.1, 0.15) is 0 Å². The SMILES string of the molecule is Cc1cc(C(=O)CCCNCCCC(=O)c2ccc(C(=O)NC(C)(C)C)c(O)c2O)c(O)c(=O)[nH]1. The van der Waals surface area contributed by atoms with Crippen molar-refractivity contribution in [3.05, 3.63) is 50.9 Å². The second-order valence-electron chi connectivity index (χ2n) is 9.41. The number of aromatic hydroxyl groups is 3. The molecule has 0 aliphatic carbocycles. The van der Waals surface area contributed by atoms with E-state index in [2.05, 4.69) is 15.6 Å². The minimum atomic E-state index is -0.696. The van der Waals surface area contributed by atoms with Crippen LogP contribution in [-0.2, 0) is 0 Å². The van der Waals surface area contributed by atoms with Crippen molar-refractivity contribution < 1.29 is 29.7 Å². The predicted molar refractivity (Wildman–Crippen MR) is 130 cm³/mol. The molecule has 1 amide bonds. The van der Waals surface area contributed by atoms with Gasteiger partial charge in [-0.3, -0.25) is 19.2 Å². The van der Waals surface area contributed by atoms with Crippen molar-refractivity contribution in [2.24, 2.45) is 0 Å². The number of hydrogen-bond acceptors (Lipinski definition) is 8. The molecular weight excluding hydrogens is 454 g/mol.